The fourth-order valence-corrected chi connectivity index (χ4v) is 5.02. The fraction of sp³-hybridized carbons (Fsp3) is 0.455. The lowest BCUT2D eigenvalue weighted by Gasteiger charge is -2.33. The van der Waals surface area contributed by atoms with Crippen LogP contribution in [0.5, 0.6) is 0 Å². The monoisotopic (exact) mass is 480 g/mol. The highest BCUT2D eigenvalue weighted by Crippen LogP contribution is 2.23. The molecule has 0 radical (unpaired) electrons. The lowest BCUT2D eigenvalue weighted by atomic mass is 10.1. The van der Waals surface area contributed by atoms with E-state index in [-0.39, 0.29) is 23.3 Å². The van der Waals surface area contributed by atoms with Crippen molar-refractivity contribution in [3.05, 3.63) is 41.4 Å². The molecule has 174 valence electrons. The number of carbonyl (C=O) groups excluding carboxylic acids is 2. The third-order valence-electron chi connectivity index (χ3n) is 5.55. The molecule has 2 aromatic rings. The van der Waals surface area contributed by atoms with Crippen molar-refractivity contribution in [3.63, 3.8) is 0 Å². The van der Waals surface area contributed by atoms with Crippen LogP contribution in [-0.4, -0.2) is 88.3 Å². The summed E-state index contributed by atoms with van der Waals surface area (Å²) in [7, 11) is 1.64. The molecule has 1 fully saturated rings. The number of nitrogens with zero attached hydrogens (tertiary/aromatic N) is 3. The zero-order valence-electron chi connectivity index (χ0n) is 18.5. The maximum atomic E-state index is 13.0. The molecule has 1 saturated heterocycles. The molecule has 1 heterocycles. The van der Waals surface area contributed by atoms with E-state index in [0.29, 0.717) is 31.0 Å². The van der Waals surface area contributed by atoms with Gasteiger partial charge < -0.3 is 14.7 Å². The number of piperidine rings is 1. The molecule has 0 aromatic heterocycles. The van der Waals surface area contributed by atoms with Crippen molar-refractivity contribution < 1.29 is 18.0 Å². The lowest BCUT2D eigenvalue weighted by Crippen LogP contribution is -2.54. The van der Waals surface area contributed by atoms with E-state index in [1.54, 1.807) is 42.3 Å². The van der Waals surface area contributed by atoms with E-state index in [1.807, 2.05) is 19.0 Å². The average Bonchev–Trinajstić information content (AvgIpc) is 2.74. The van der Waals surface area contributed by atoms with Gasteiger partial charge >= 0.3 is 0 Å². The molecule has 1 atom stereocenters. The van der Waals surface area contributed by atoms with Crippen LogP contribution in [0, 0.1) is 0 Å². The van der Waals surface area contributed by atoms with Crippen LogP contribution < -0.4 is 4.72 Å². The quantitative estimate of drug-likeness (QED) is 0.622. The number of amides is 2. The number of halogens is 1. The van der Waals surface area contributed by atoms with Gasteiger partial charge in [-0.1, -0.05) is 23.7 Å². The number of likely N-dealkylation sites (tertiary alicyclic amines) is 1. The Morgan fingerprint density at radius 2 is 1.81 bits per heavy atom. The molecule has 0 unspecified atom stereocenters. The SMILES string of the molecule is CN(C)CCN(C)C(=O)CN1CCC[C@H](NS(=O)(=O)c2ccc3cc(Cl)ccc3c2)C1=O. The highest BCUT2D eigenvalue weighted by Gasteiger charge is 2.33. The van der Waals surface area contributed by atoms with Crippen LogP contribution in [0.2, 0.25) is 5.02 Å². The van der Waals surface area contributed by atoms with E-state index in [4.69, 9.17) is 11.6 Å². The van der Waals surface area contributed by atoms with Crippen molar-refractivity contribution in [1.29, 1.82) is 0 Å². The average molecular weight is 481 g/mol. The number of hydrogen-bond donors (Lipinski definition) is 1. The largest absolute Gasteiger partial charge is 0.343 e. The Bertz CT molecular complexity index is 1110. The third-order valence-corrected chi connectivity index (χ3v) is 7.25. The summed E-state index contributed by atoms with van der Waals surface area (Å²) in [6, 6.07) is 9.06. The van der Waals surface area contributed by atoms with Gasteiger partial charge in [0.2, 0.25) is 21.8 Å². The van der Waals surface area contributed by atoms with Crippen molar-refractivity contribution in [2.75, 3.05) is 47.3 Å². The Morgan fingerprint density at radius 3 is 2.53 bits per heavy atom. The number of nitrogens with one attached hydrogen (secondary N) is 1. The minimum Gasteiger partial charge on any atom is -0.343 e. The molecule has 3 rings (SSSR count). The minimum absolute atomic E-state index is 0.0578. The molecule has 0 bridgehead atoms. The molecule has 10 heteroatoms. The Labute approximate surface area is 194 Å². The van der Waals surface area contributed by atoms with Gasteiger partial charge in [0, 0.05) is 31.7 Å². The molecule has 2 amide bonds. The standard InChI is InChI=1S/C22H29ClN4O4S/c1-25(2)11-12-26(3)21(28)15-27-10-4-5-20(22(27)29)24-32(30,31)19-9-7-16-13-18(23)8-6-17(16)14-19/h6-9,13-14,20,24H,4-5,10-12,15H2,1-3H3/t20-/m0/s1. The van der Waals surface area contributed by atoms with E-state index in [0.717, 1.165) is 17.3 Å². The van der Waals surface area contributed by atoms with E-state index < -0.39 is 16.1 Å². The van der Waals surface area contributed by atoms with Gasteiger partial charge in [0.15, 0.2) is 0 Å². The number of rotatable bonds is 8. The van der Waals surface area contributed by atoms with Crippen LogP contribution in [0.15, 0.2) is 41.3 Å². The number of sulfonamides is 1. The zero-order chi connectivity index (χ0) is 23.5. The second-order valence-corrected chi connectivity index (χ2v) is 10.5. The molecule has 0 saturated carbocycles. The fourth-order valence-electron chi connectivity index (χ4n) is 3.58. The second-order valence-electron chi connectivity index (χ2n) is 8.35. The zero-order valence-corrected chi connectivity index (χ0v) is 20.1. The molecule has 8 nitrogen and oxygen atoms in total. The molecule has 2 aromatic carbocycles. The molecule has 1 aliphatic heterocycles. The molecule has 1 N–H and O–H groups in total. The predicted molar refractivity (Wildman–Crippen MR) is 125 cm³/mol. The summed E-state index contributed by atoms with van der Waals surface area (Å²) in [6.07, 6.45) is 1.01. The normalized spacial score (nSPS) is 17.2. The number of hydrogen-bond acceptors (Lipinski definition) is 5. The van der Waals surface area contributed by atoms with E-state index in [9.17, 15) is 18.0 Å². The smallest absolute Gasteiger partial charge is 0.241 e. The lowest BCUT2D eigenvalue weighted by molar-refractivity contribution is -0.142. The third kappa shape index (κ3) is 5.98. The van der Waals surface area contributed by atoms with Crippen LogP contribution in [0.25, 0.3) is 10.8 Å². The van der Waals surface area contributed by atoms with Crippen LogP contribution in [0.1, 0.15) is 12.8 Å². The van der Waals surface area contributed by atoms with Gasteiger partial charge in [-0.3, -0.25) is 9.59 Å². The summed E-state index contributed by atoms with van der Waals surface area (Å²) in [5, 5.41) is 2.13. The van der Waals surface area contributed by atoms with Crippen LogP contribution in [0.3, 0.4) is 0 Å². The molecule has 1 aliphatic rings. The first-order chi connectivity index (χ1) is 15.1. The highest BCUT2D eigenvalue weighted by atomic mass is 35.5. The molecular weight excluding hydrogens is 452 g/mol. The summed E-state index contributed by atoms with van der Waals surface area (Å²) in [5.74, 6) is -0.543. The number of benzene rings is 2. The Hall–Kier alpha value is -2.20. The van der Waals surface area contributed by atoms with Crippen molar-refractivity contribution in [3.8, 4) is 0 Å². The first-order valence-corrected chi connectivity index (χ1v) is 12.3. The summed E-state index contributed by atoms with van der Waals surface area (Å²) < 4.78 is 28.4. The van der Waals surface area contributed by atoms with Crippen molar-refractivity contribution in [1.82, 2.24) is 19.4 Å². The van der Waals surface area contributed by atoms with E-state index >= 15 is 0 Å². The maximum Gasteiger partial charge on any atom is 0.241 e. The van der Waals surface area contributed by atoms with E-state index in [2.05, 4.69) is 4.72 Å². The predicted octanol–water partition coefficient (Wildman–Crippen LogP) is 1.78. The topological polar surface area (TPSA) is 90.0 Å². The summed E-state index contributed by atoms with van der Waals surface area (Å²) in [6.45, 7) is 1.65. The number of carbonyl (C=O) groups is 2. The first-order valence-electron chi connectivity index (χ1n) is 10.5. The Kier molecular flexibility index (Phi) is 7.76. The second kappa shape index (κ2) is 10.2. The maximum absolute atomic E-state index is 13.0. The summed E-state index contributed by atoms with van der Waals surface area (Å²) in [5.41, 5.74) is 0. The van der Waals surface area contributed by atoms with Gasteiger partial charge in [-0.2, -0.15) is 4.72 Å². The van der Waals surface area contributed by atoms with Crippen molar-refractivity contribution in [2.24, 2.45) is 0 Å². The van der Waals surface area contributed by atoms with Crippen molar-refractivity contribution in [2.45, 2.75) is 23.8 Å². The Morgan fingerprint density at radius 1 is 1.12 bits per heavy atom. The summed E-state index contributed by atoms with van der Waals surface area (Å²) in [4.78, 5) is 30.5. The van der Waals surface area contributed by atoms with Crippen LogP contribution in [-0.2, 0) is 19.6 Å². The van der Waals surface area contributed by atoms with Gasteiger partial charge in [-0.15, -0.1) is 0 Å². The molecule has 0 aliphatic carbocycles. The van der Waals surface area contributed by atoms with Crippen molar-refractivity contribution >= 4 is 44.2 Å². The number of likely N-dealkylation sites (N-methyl/N-ethyl adjacent to an activating group) is 2. The minimum atomic E-state index is -3.91. The van der Waals surface area contributed by atoms with Gasteiger partial charge in [-0.05, 0) is 62.0 Å². The Balaban J connectivity index is 1.68. The van der Waals surface area contributed by atoms with Crippen LogP contribution >= 0.6 is 11.6 Å². The molecule has 0 spiro atoms. The van der Waals surface area contributed by atoms with E-state index in [1.165, 1.54) is 11.0 Å². The molecule has 32 heavy (non-hydrogen) atoms. The highest BCUT2D eigenvalue weighted by molar-refractivity contribution is 7.89. The van der Waals surface area contributed by atoms with Gasteiger partial charge in [0.1, 0.15) is 6.04 Å². The van der Waals surface area contributed by atoms with Crippen LogP contribution in [0.4, 0.5) is 0 Å². The van der Waals surface area contributed by atoms with Gasteiger partial charge in [0.05, 0.1) is 11.4 Å². The van der Waals surface area contributed by atoms with Gasteiger partial charge in [-0.25, -0.2) is 8.42 Å². The molecular formula is C22H29ClN4O4S. The number of fused-ring (bicyclic) bond motifs is 1. The van der Waals surface area contributed by atoms with Gasteiger partial charge in [0.25, 0.3) is 0 Å². The first kappa shape index (κ1) is 24.4. The summed E-state index contributed by atoms with van der Waals surface area (Å²) >= 11 is 5.99.